The first-order valence-corrected chi connectivity index (χ1v) is 1.90. The molecule has 0 bridgehead atoms. The molecule has 7 heavy (non-hydrogen) atoms. The summed E-state index contributed by atoms with van der Waals surface area (Å²) in [5.41, 5.74) is 0. The second-order valence-corrected chi connectivity index (χ2v) is 0.925. The third-order valence-electron chi connectivity index (χ3n) is 0.348. The molecule has 46 valence electrons. The van der Waals surface area contributed by atoms with Crippen LogP contribution in [0, 0.1) is 0 Å². The van der Waals surface area contributed by atoms with Crippen molar-refractivity contribution in [1.82, 2.24) is 0 Å². The van der Waals surface area contributed by atoms with E-state index in [1.54, 1.807) is 6.92 Å². The second kappa shape index (κ2) is 5.96. The molecule has 0 aliphatic heterocycles. The minimum atomic E-state index is -0.211. The van der Waals surface area contributed by atoms with E-state index in [0.717, 1.165) is 0 Å². The Hall–Kier alpha value is -0.0365. The third kappa shape index (κ3) is 10.7. The Morgan fingerprint density at radius 3 is 2.14 bits per heavy atom. The van der Waals surface area contributed by atoms with Crippen LogP contribution in [0.25, 0.3) is 0 Å². The van der Waals surface area contributed by atoms with Crippen molar-refractivity contribution in [3.63, 3.8) is 0 Å². The number of hydrogen-bond acceptors (Lipinski definition) is 2. The molecule has 0 radical (unpaired) electrons. The van der Waals surface area contributed by atoms with E-state index in [-0.39, 0.29) is 22.5 Å². The molecule has 0 saturated carbocycles. The van der Waals surface area contributed by atoms with Crippen molar-refractivity contribution in [3.05, 3.63) is 0 Å². The van der Waals surface area contributed by atoms with Crippen LogP contribution in [0.15, 0.2) is 0 Å². The standard InChI is InChI=1S/C4H8O2.Ni/c1-3-6-4(2)5;/h3H2,1-2H3;. The van der Waals surface area contributed by atoms with Crippen molar-refractivity contribution in [3.8, 4) is 0 Å². The molecule has 0 N–H and O–H groups in total. The van der Waals surface area contributed by atoms with Crippen LogP contribution < -0.4 is 0 Å². The number of hydrogen-bond donors (Lipinski definition) is 0. The molecule has 0 atom stereocenters. The molecule has 2 nitrogen and oxygen atoms in total. The van der Waals surface area contributed by atoms with Crippen molar-refractivity contribution in [2.45, 2.75) is 13.8 Å². The monoisotopic (exact) mass is 146 g/mol. The Morgan fingerprint density at radius 1 is 1.71 bits per heavy atom. The normalized spacial score (nSPS) is 6.57. The zero-order valence-electron chi connectivity index (χ0n) is 4.34. The Morgan fingerprint density at radius 2 is 2.14 bits per heavy atom. The van der Waals surface area contributed by atoms with Crippen LogP contribution in [0.3, 0.4) is 0 Å². The summed E-state index contributed by atoms with van der Waals surface area (Å²) in [5.74, 6) is -0.211. The van der Waals surface area contributed by atoms with Gasteiger partial charge in [0.2, 0.25) is 0 Å². The molecule has 0 amide bonds. The van der Waals surface area contributed by atoms with Crippen LogP contribution in [0.2, 0.25) is 0 Å². The summed E-state index contributed by atoms with van der Waals surface area (Å²) in [7, 11) is 0. The van der Waals surface area contributed by atoms with E-state index in [1.807, 2.05) is 0 Å². The number of rotatable bonds is 1. The fourth-order valence-electron chi connectivity index (χ4n) is 0.203. The third-order valence-corrected chi connectivity index (χ3v) is 0.348. The Labute approximate surface area is 53.2 Å². The average Bonchev–Trinajstić information content (AvgIpc) is 1.35. The van der Waals surface area contributed by atoms with Crippen LogP contribution in [0.5, 0.6) is 0 Å². The van der Waals surface area contributed by atoms with E-state index in [0.29, 0.717) is 6.61 Å². The summed E-state index contributed by atoms with van der Waals surface area (Å²) in [6.45, 7) is 3.65. The maximum absolute atomic E-state index is 9.82. The summed E-state index contributed by atoms with van der Waals surface area (Å²) in [6, 6.07) is 0. The van der Waals surface area contributed by atoms with Crippen LogP contribution in [0.4, 0.5) is 0 Å². The topological polar surface area (TPSA) is 26.3 Å². The molecule has 0 aliphatic carbocycles. The van der Waals surface area contributed by atoms with Gasteiger partial charge >= 0.3 is 5.97 Å². The zero-order chi connectivity index (χ0) is 4.99. The van der Waals surface area contributed by atoms with Gasteiger partial charge < -0.3 is 4.74 Å². The fraction of sp³-hybridized carbons (Fsp3) is 0.750. The summed E-state index contributed by atoms with van der Waals surface area (Å²) in [6.07, 6.45) is 0. The van der Waals surface area contributed by atoms with Gasteiger partial charge in [0, 0.05) is 23.4 Å². The fourth-order valence-corrected chi connectivity index (χ4v) is 0.203. The van der Waals surface area contributed by atoms with Crippen LogP contribution in [-0.2, 0) is 26.0 Å². The maximum atomic E-state index is 9.82. The number of carbonyl (C=O) groups is 1. The summed E-state index contributed by atoms with van der Waals surface area (Å²) >= 11 is 0. The van der Waals surface area contributed by atoms with E-state index >= 15 is 0 Å². The molecule has 0 aromatic rings. The quantitative estimate of drug-likeness (QED) is 0.400. The Kier molecular flexibility index (Phi) is 8.56. The molecule has 0 aromatic heterocycles. The molecule has 0 fully saturated rings. The molecular weight excluding hydrogens is 139 g/mol. The van der Waals surface area contributed by atoms with Crippen LogP contribution in [0.1, 0.15) is 13.8 Å². The molecular formula is C4H8NiO2. The van der Waals surface area contributed by atoms with Crippen molar-refractivity contribution in [1.29, 1.82) is 0 Å². The zero-order valence-corrected chi connectivity index (χ0v) is 5.33. The molecule has 0 aliphatic rings. The van der Waals surface area contributed by atoms with Gasteiger partial charge in [-0.2, -0.15) is 0 Å². The summed E-state index contributed by atoms with van der Waals surface area (Å²) in [4.78, 5) is 9.82. The first kappa shape index (κ1) is 10.1. The van der Waals surface area contributed by atoms with Gasteiger partial charge in [0.05, 0.1) is 6.61 Å². The van der Waals surface area contributed by atoms with Gasteiger partial charge in [0.15, 0.2) is 0 Å². The van der Waals surface area contributed by atoms with Gasteiger partial charge in [-0.1, -0.05) is 0 Å². The maximum Gasteiger partial charge on any atom is 0.302 e. The van der Waals surface area contributed by atoms with Crippen molar-refractivity contribution < 1.29 is 26.0 Å². The van der Waals surface area contributed by atoms with Gasteiger partial charge in [-0.05, 0) is 6.92 Å². The SMILES string of the molecule is CCOC(C)=O.[Ni]. The molecule has 0 unspecified atom stereocenters. The van der Waals surface area contributed by atoms with Crippen LogP contribution >= 0.6 is 0 Å². The van der Waals surface area contributed by atoms with Gasteiger partial charge in [-0.25, -0.2) is 0 Å². The van der Waals surface area contributed by atoms with Gasteiger partial charge in [-0.3, -0.25) is 4.79 Å². The van der Waals surface area contributed by atoms with Crippen molar-refractivity contribution in [2.75, 3.05) is 6.61 Å². The molecule has 0 heterocycles. The van der Waals surface area contributed by atoms with E-state index in [4.69, 9.17) is 0 Å². The Bertz CT molecular complexity index is 53.7. The molecule has 0 rings (SSSR count). The molecule has 3 heteroatoms. The van der Waals surface area contributed by atoms with Crippen molar-refractivity contribution in [2.24, 2.45) is 0 Å². The molecule has 0 aromatic carbocycles. The summed E-state index contributed by atoms with van der Waals surface area (Å²) < 4.78 is 4.40. The minimum Gasteiger partial charge on any atom is -0.466 e. The van der Waals surface area contributed by atoms with E-state index < -0.39 is 0 Å². The van der Waals surface area contributed by atoms with Gasteiger partial charge in [-0.15, -0.1) is 0 Å². The van der Waals surface area contributed by atoms with Gasteiger partial charge in [0.25, 0.3) is 0 Å². The van der Waals surface area contributed by atoms with Crippen LogP contribution in [-0.4, -0.2) is 12.6 Å². The first-order valence-electron chi connectivity index (χ1n) is 1.90. The molecule has 0 spiro atoms. The van der Waals surface area contributed by atoms with E-state index in [1.165, 1.54) is 6.92 Å². The predicted molar refractivity (Wildman–Crippen MR) is 22.3 cm³/mol. The van der Waals surface area contributed by atoms with Gasteiger partial charge in [0.1, 0.15) is 0 Å². The number of esters is 1. The molecule has 0 saturated heterocycles. The second-order valence-electron chi connectivity index (χ2n) is 0.925. The number of ether oxygens (including phenoxy) is 1. The van der Waals surface area contributed by atoms with E-state index in [2.05, 4.69) is 4.74 Å². The smallest absolute Gasteiger partial charge is 0.302 e. The number of carbonyl (C=O) groups excluding carboxylic acids is 1. The van der Waals surface area contributed by atoms with Crippen molar-refractivity contribution >= 4 is 5.97 Å². The van der Waals surface area contributed by atoms with E-state index in [9.17, 15) is 4.79 Å². The first-order chi connectivity index (χ1) is 2.77. The predicted octanol–water partition coefficient (Wildman–Crippen LogP) is 0.567. The minimum absolute atomic E-state index is 0. The Balaban J connectivity index is 0. The average molecular weight is 147 g/mol. The largest absolute Gasteiger partial charge is 0.466 e. The summed E-state index contributed by atoms with van der Waals surface area (Å²) in [5, 5.41) is 0.